The van der Waals surface area contributed by atoms with E-state index in [-0.39, 0.29) is 18.0 Å². The molecule has 0 bridgehead atoms. The van der Waals surface area contributed by atoms with Crippen molar-refractivity contribution in [3.63, 3.8) is 0 Å². The number of likely N-dealkylation sites (tertiary alicyclic amines) is 1. The van der Waals surface area contributed by atoms with Crippen molar-refractivity contribution >= 4 is 5.91 Å². The van der Waals surface area contributed by atoms with Crippen LogP contribution in [0.4, 0.5) is 0 Å². The Hall–Kier alpha value is -2.83. The van der Waals surface area contributed by atoms with Gasteiger partial charge < -0.3 is 19.1 Å². The minimum atomic E-state index is 0.0259. The fourth-order valence-electron chi connectivity index (χ4n) is 3.05. The highest BCUT2D eigenvalue weighted by Gasteiger charge is 2.25. The largest absolute Gasteiger partial charge is 0.494 e. The first-order valence-corrected chi connectivity index (χ1v) is 9.75. The van der Waals surface area contributed by atoms with Gasteiger partial charge in [-0.25, -0.2) is 4.98 Å². The first-order valence-electron chi connectivity index (χ1n) is 9.75. The number of methoxy groups -OCH3 is 1. The topological polar surface area (TPSA) is 73.8 Å². The van der Waals surface area contributed by atoms with Gasteiger partial charge in [0, 0.05) is 43.8 Å². The van der Waals surface area contributed by atoms with E-state index in [4.69, 9.17) is 14.2 Å². The molecule has 28 heavy (non-hydrogen) atoms. The average Bonchev–Trinajstić information content (AvgIpc) is 2.75. The van der Waals surface area contributed by atoms with Crippen LogP contribution in [0.2, 0.25) is 0 Å². The first kappa shape index (κ1) is 19.9. The summed E-state index contributed by atoms with van der Waals surface area (Å²) in [7, 11) is 1.52. The molecule has 1 fully saturated rings. The van der Waals surface area contributed by atoms with Gasteiger partial charge in [-0.1, -0.05) is 13.3 Å². The summed E-state index contributed by atoms with van der Waals surface area (Å²) in [6.45, 7) is 4.14. The van der Waals surface area contributed by atoms with Crippen LogP contribution in [0.15, 0.2) is 36.5 Å². The number of rotatable bonds is 8. The van der Waals surface area contributed by atoms with Crippen molar-refractivity contribution in [3.8, 4) is 17.6 Å². The molecule has 0 spiro atoms. The lowest BCUT2D eigenvalue weighted by atomic mass is 10.1. The Labute approximate surface area is 165 Å². The van der Waals surface area contributed by atoms with Crippen molar-refractivity contribution in [2.45, 2.75) is 38.7 Å². The maximum absolute atomic E-state index is 12.7. The van der Waals surface area contributed by atoms with Crippen LogP contribution in [-0.2, 0) is 0 Å². The molecule has 0 N–H and O–H groups in total. The summed E-state index contributed by atoms with van der Waals surface area (Å²) in [6, 6.07) is 9.39. The third-order valence-corrected chi connectivity index (χ3v) is 4.67. The summed E-state index contributed by atoms with van der Waals surface area (Å²) in [6.07, 6.45) is 5.28. The first-order chi connectivity index (χ1) is 13.7. The summed E-state index contributed by atoms with van der Waals surface area (Å²) >= 11 is 0. The van der Waals surface area contributed by atoms with Gasteiger partial charge in [-0.05, 0) is 30.7 Å². The fourth-order valence-corrected chi connectivity index (χ4v) is 3.05. The standard InChI is InChI=1S/C21H27N3O4/c1-3-4-15-27-17-7-5-16(6-8-17)20(25)24-13-10-18(11-14-24)28-19-9-12-22-21(23-19)26-2/h5-9,12,18H,3-4,10-11,13-15H2,1-2H3. The maximum Gasteiger partial charge on any atom is 0.319 e. The second-order valence-corrected chi connectivity index (χ2v) is 6.72. The lowest BCUT2D eigenvalue weighted by Crippen LogP contribution is -2.41. The number of unbranched alkanes of at least 4 members (excludes halogenated alkanes) is 1. The molecule has 1 aromatic carbocycles. The number of hydrogen-bond acceptors (Lipinski definition) is 6. The van der Waals surface area contributed by atoms with Gasteiger partial charge >= 0.3 is 6.01 Å². The van der Waals surface area contributed by atoms with Crippen LogP contribution in [0.25, 0.3) is 0 Å². The molecule has 1 amide bonds. The summed E-state index contributed by atoms with van der Waals surface area (Å²) in [5.74, 6) is 1.34. The number of hydrogen-bond donors (Lipinski definition) is 0. The molecule has 0 unspecified atom stereocenters. The Kier molecular flexibility index (Phi) is 7.06. The highest BCUT2D eigenvalue weighted by molar-refractivity contribution is 5.94. The normalized spacial score (nSPS) is 14.6. The van der Waals surface area contributed by atoms with Gasteiger partial charge in [0.05, 0.1) is 13.7 Å². The summed E-state index contributed by atoms with van der Waals surface area (Å²) in [4.78, 5) is 22.7. The number of aromatic nitrogens is 2. The number of carbonyl (C=O) groups excluding carboxylic acids is 1. The van der Waals surface area contributed by atoms with Crippen LogP contribution in [0, 0.1) is 0 Å². The lowest BCUT2D eigenvalue weighted by Gasteiger charge is -2.32. The Morgan fingerprint density at radius 3 is 2.61 bits per heavy atom. The van der Waals surface area contributed by atoms with Crippen LogP contribution in [-0.4, -0.2) is 53.7 Å². The van der Waals surface area contributed by atoms with Gasteiger partial charge in [0.2, 0.25) is 5.88 Å². The quantitative estimate of drug-likeness (QED) is 0.649. The summed E-state index contributed by atoms with van der Waals surface area (Å²) in [5, 5.41) is 0. The molecule has 0 aliphatic carbocycles. The van der Waals surface area contributed by atoms with Gasteiger partial charge in [-0.3, -0.25) is 4.79 Å². The van der Waals surface area contributed by atoms with Gasteiger partial charge in [0.25, 0.3) is 5.91 Å². The zero-order valence-corrected chi connectivity index (χ0v) is 16.5. The molecular weight excluding hydrogens is 358 g/mol. The maximum atomic E-state index is 12.7. The molecule has 0 radical (unpaired) electrons. The number of piperidine rings is 1. The molecule has 1 aromatic heterocycles. The molecule has 2 aromatic rings. The van der Waals surface area contributed by atoms with Gasteiger partial charge in [0.15, 0.2) is 0 Å². The van der Waals surface area contributed by atoms with Crippen LogP contribution in [0.5, 0.6) is 17.6 Å². The third-order valence-electron chi connectivity index (χ3n) is 4.67. The second kappa shape index (κ2) is 9.92. The molecule has 0 atom stereocenters. The number of benzene rings is 1. The van der Waals surface area contributed by atoms with Gasteiger partial charge in [0.1, 0.15) is 11.9 Å². The van der Waals surface area contributed by atoms with Crippen LogP contribution >= 0.6 is 0 Å². The summed E-state index contributed by atoms with van der Waals surface area (Å²) in [5.41, 5.74) is 0.683. The number of carbonyl (C=O) groups is 1. The molecule has 150 valence electrons. The van der Waals surface area contributed by atoms with Crippen LogP contribution in [0.3, 0.4) is 0 Å². The molecule has 1 aliphatic rings. The number of ether oxygens (including phenoxy) is 3. The van der Waals surface area contributed by atoms with Gasteiger partial charge in [-0.2, -0.15) is 4.98 Å². The number of amides is 1. The minimum Gasteiger partial charge on any atom is -0.494 e. The van der Waals surface area contributed by atoms with E-state index in [1.165, 1.54) is 7.11 Å². The van der Waals surface area contributed by atoms with Gasteiger partial charge in [-0.15, -0.1) is 0 Å². The Morgan fingerprint density at radius 1 is 1.18 bits per heavy atom. The highest BCUT2D eigenvalue weighted by atomic mass is 16.5. The summed E-state index contributed by atoms with van der Waals surface area (Å²) < 4.78 is 16.6. The molecule has 7 nitrogen and oxygen atoms in total. The highest BCUT2D eigenvalue weighted by Crippen LogP contribution is 2.21. The molecule has 2 heterocycles. The van der Waals surface area contributed by atoms with E-state index < -0.39 is 0 Å². The number of nitrogens with zero attached hydrogens (tertiary/aromatic N) is 3. The average molecular weight is 385 g/mol. The zero-order valence-electron chi connectivity index (χ0n) is 16.5. The second-order valence-electron chi connectivity index (χ2n) is 6.72. The lowest BCUT2D eigenvalue weighted by molar-refractivity contribution is 0.0586. The van der Waals surface area contributed by atoms with Crippen molar-refractivity contribution in [2.75, 3.05) is 26.8 Å². The molecular formula is C21H27N3O4. The van der Waals surface area contributed by atoms with Crippen molar-refractivity contribution in [2.24, 2.45) is 0 Å². The Bertz CT molecular complexity index is 759. The van der Waals surface area contributed by atoms with Crippen molar-refractivity contribution in [1.29, 1.82) is 0 Å². The molecule has 1 saturated heterocycles. The molecule has 3 rings (SSSR count). The van der Waals surface area contributed by atoms with Crippen LogP contribution < -0.4 is 14.2 Å². The minimum absolute atomic E-state index is 0.0259. The fraction of sp³-hybridized carbons (Fsp3) is 0.476. The van der Waals surface area contributed by atoms with E-state index in [1.807, 2.05) is 29.2 Å². The van der Waals surface area contributed by atoms with Crippen molar-refractivity contribution in [3.05, 3.63) is 42.1 Å². The van der Waals surface area contributed by atoms with E-state index >= 15 is 0 Å². The molecule has 0 saturated carbocycles. The molecule has 7 heteroatoms. The van der Waals surface area contributed by atoms with Crippen molar-refractivity contribution in [1.82, 2.24) is 14.9 Å². The smallest absolute Gasteiger partial charge is 0.319 e. The zero-order chi connectivity index (χ0) is 19.8. The van der Waals surface area contributed by atoms with E-state index in [1.54, 1.807) is 12.3 Å². The predicted molar refractivity (Wildman–Crippen MR) is 105 cm³/mol. The van der Waals surface area contributed by atoms with E-state index in [2.05, 4.69) is 16.9 Å². The van der Waals surface area contributed by atoms with E-state index in [0.29, 0.717) is 31.1 Å². The third kappa shape index (κ3) is 5.34. The Morgan fingerprint density at radius 2 is 1.93 bits per heavy atom. The van der Waals surface area contributed by atoms with Crippen molar-refractivity contribution < 1.29 is 19.0 Å². The Balaban J connectivity index is 1.49. The molecule has 1 aliphatic heterocycles. The van der Waals surface area contributed by atoms with E-state index in [9.17, 15) is 4.79 Å². The van der Waals surface area contributed by atoms with Crippen LogP contribution in [0.1, 0.15) is 43.0 Å². The van der Waals surface area contributed by atoms with E-state index in [0.717, 1.165) is 31.4 Å². The monoisotopic (exact) mass is 385 g/mol. The SMILES string of the molecule is CCCCOc1ccc(C(=O)N2CCC(Oc3ccnc(OC)n3)CC2)cc1. The predicted octanol–water partition coefficient (Wildman–Crippen LogP) is 3.35.